The molecule has 1 saturated carbocycles. The lowest BCUT2D eigenvalue weighted by molar-refractivity contribution is 0.521. The highest BCUT2D eigenvalue weighted by atomic mass is 32.2. The monoisotopic (exact) mass is 329 g/mol. The van der Waals surface area contributed by atoms with E-state index in [0.717, 1.165) is 12.8 Å². The summed E-state index contributed by atoms with van der Waals surface area (Å²) < 4.78 is 25.6. The molecule has 0 radical (unpaired) electrons. The van der Waals surface area contributed by atoms with E-state index in [2.05, 4.69) is 11.6 Å². The lowest BCUT2D eigenvalue weighted by Gasteiger charge is -2.18. The lowest BCUT2D eigenvalue weighted by Crippen LogP contribution is -2.23. The first kappa shape index (κ1) is 16.5. The predicted octanol–water partition coefficient (Wildman–Crippen LogP) is 2.22. The molecule has 7 heteroatoms. The summed E-state index contributed by atoms with van der Waals surface area (Å²) in [7, 11) is -0.378. The summed E-state index contributed by atoms with van der Waals surface area (Å²) >= 11 is 1.89. The van der Waals surface area contributed by atoms with Crippen molar-refractivity contribution in [1.82, 2.24) is 4.31 Å². The molecule has 0 amide bonds. The van der Waals surface area contributed by atoms with E-state index in [4.69, 9.17) is 5.73 Å². The number of hydrogen-bond donors (Lipinski definition) is 2. The highest BCUT2D eigenvalue weighted by Gasteiger charge is 2.25. The Kier molecular flexibility index (Phi) is 5.06. The average molecular weight is 329 g/mol. The van der Waals surface area contributed by atoms with Crippen molar-refractivity contribution in [3.05, 3.63) is 18.2 Å². The second kappa shape index (κ2) is 6.46. The standard InChI is InChI=1S/C14H23N3O2S2/c1-17(2)21(18,19)12-6-7-13(15)14(9-12)16-10-4-5-11(8-10)20-3/h6-7,9-11,16H,4-5,8,15H2,1-3H3. The van der Waals surface area contributed by atoms with Crippen molar-refractivity contribution in [2.75, 3.05) is 31.4 Å². The largest absolute Gasteiger partial charge is 0.397 e. The zero-order valence-corrected chi connectivity index (χ0v) is 14.3. The Morgan fingerprint density at radius 2 is 2.05 bits per heavy atom. The first-order chi connectivity index (χ1) is 9.84. The molecule has 1 fully saturated rings. The second-order valence-corrected chi connectivity index (χ2v) is 8.84. The van der Waals surface area contributed by atoms with E-state index in [0.29, 0.717) is 22.7 Å². The van der Waals surface area contributed by atoms with Gasteiger partial charge in [-0.05, 0) is 43.7 Å². The molecule has 1 aromatic rings. The van der Waals surface area contributed by atoms with Crippen LogP contribution in [0, 0.1) is 0 Å². The Balaban J connectivity index is 2.21. The van der Waals surface area contributed by atoms with E-state index in [9.17, 15) is 8.42 Å². The number of nitrogens with zero attached hydrogens (tertiary/aromatic N) is 1. The topological polar surface area (TPSA) is 75.4 Å². The van der Waals surface area contributed by atoms with Crippen molar-refractivity contribution in [2.45, 2.75) is 35.4 Å². The molecule has 21 heavy (non-hydrogen) atoms. The molecule has 0 saturated heterocycles. The van der Waals surface area contributed by atoms with Crippen LogP contribution in [0.5, 0.6) is 0 Å². The van der Waals surface area contributed by atoms with Crippen LogP contribution in [0.25, 0.3) is 0 Å². The third-order valence-corrected chi connectivity index (χ3v) is 6.79. The molecule has 1 aliphatic carbocycles. The molecule has 0 aliphatic heterocycles. The molecule has 1 aliphatic rings. The van der Waals surface area contributed by atoms with Crippen molar-refractivity contribution >= 4 is 33.2 Å². The molecule has 5 nitrogen and oxygen atoms in total. The maximum Gasteiger partial charge on any atom is 0.242 e. The number of anilines is 2. The van der Waals surface area contributed by atoms with Crippen molar-refractivity contribution in [3.63, 3.8) is 0 Å². The van der Waals surface area contributed by atoms with Crippen LogP contribution < -0.4 is 11.1 Å². The lowest BCUT2D eigenvalue weighted by atomic mass is 10.2. The number of hydrogen-bond acceptors (Lipinski definition) is 5. The number of nitrogen functional groups attached to an aromatic ring is 1. The van der Waals surface area contributed by atoms with Crippen LogP contribution >= 0.6 is 11.8 Å². The number of thioether (sulfide) groups is 1. The summed E-state index contributed by atoms with van der Waals surface area (Å²) in [6.07, 6.45) is 5.50. The molecule has 0 spiro atoms. The number of benzene rings is 1. The summed E-state index contributed by atoms with van der Waals surface area (Å²) in [5.74, 6) is 0. The zero-order chi connectivity index (χ0) is 15.6. The minimum atomic E-state index is -3.43. The normalized spacial score (nSPS) is 22.7. The summed E-state index contributed by atoms with van der Waals surface area (Å²) in [5, 5.41) is 4.08. The second-order valence-electron chi connectivity index (χ2n) is 5.55. The van der Waals surface area contributed by atoms with Gasteiger partial charge in [0.2, 0.25) is 10.0 Å². The van der Waals surface area contributed by atoms with Crippen LogP contribution in [0.3, 0.4) is 0 Å². The van der Waals surface area contributed by atoms with Gasteiger partial charge in [-0.25, -0.2) is 12.7 Å². The SMILES string of the molecule is CSC1CCC(Nc2cc(S(=O)(=O)N(C)C)ccc2N)C1. The Labute approximate surface area is 131 Å². The van der Waals surface area contributed by atoms with Gasteiger partial charge in [0.25, 0.3) is 0 Å². The van der Waals surface area contributed by atoms with E-state index in [1.807, 2.05) is 11.8 Å². The van der Waals surface area contributed by atoms with Crippen molar-refractivity contribution in [2.24, 2.45) is 0 Å². The van der Waals surface area contributed by atoms with E-state index in [-0.39, 0.29) is 4.90 Å². The van der Waals surface area contributed by atoms with Crippen LogP contribution in [0.1, 0.15) is 19.3 Å². The maximum atomic E-state index is 12.2. The summed E-state index contributed by atoms with van der Waals surface area (Å²) in [6.45, 7) is 0. The van der Waals surface area contributed by atoms with Gasteiger partial charge >= 0.3 is 0 Å². The molecule has 3 N–H and O–H groups in total. The minimum absolute atomic E-state index is 0.267. The molecule has 1 aromatic carbocycles. The number of nitrogens with two attached hydrogens (primary N) is 1. The van der Waals surface area contributed by atoms with Crippen LogP contribution in [0.2, 0.25) is 0 Å². The van der Waals surface area contributed by atoms with Gasteiger partial charge in [-0.3, -0.25) is 0 Å². The molecule has 2 unspecified atom stereocenters. The Hall–Kier alpha value is -0.920. The molecule has 118 valence electrons. The predicted molar refractivity (Wildman–Crippen MR) is 90.3 cm³/mol. The molecular formula is C14H23N3O2S2. The van der Waals surface area contributed by atoms with E-state index in [1.54, 1.807) is 18.2 Å². The van der Waals surface area contributed by atoms with Gasteiger partial charge < -0.3 is 11.1 Å². The Bertz CT molecular complexity index is 602. The summed E-state index contributed by atoms with van der Waals surface area (Å²) in [4.78, 5) is 0.267. The smallest absolute Gasteiger partial charge is 0.242 e. The van der Waals surface area contributed by atoms with Gasteiger partial charge in [-0.15, -0.1) is 0 Å². The number of nitrogens with one attached hydrogen (secondary N) is 1. The summed E-state index contributed by atoms with van der Waals surface area (Å²) in [6, 6.07) is 5.20. The van der Waals surface area contributed by atoms with Crippen molar-refractivity contribution in [3.8, 4) is 0 Å². The quantitative estimate of drug-likeness (QED) is 0.810. The molecule has 0 heterocycles. The average Bonchev–Trinajstić information content (AvgIpc) is 2.88. The van der Waals surface area contributed by atoms with Gasteiger partial charge in [0.05, 0.1) is 16.3 Å². The fraction of sp³-hybridized carbons (Fsp3) is 0.571. The van der Waals surface area contributed by atoms with Crippen LogP contribution in [0.15, 0.2) is 23.1 Å². The van der Waals surface area contributed by atoms with Gasteiger partial charge in [-0.1, -0.05) is 0 Å². The van der Waals surface area contributed by atoms with E-state index < -0.39 is 10.0 Å². The molecule has 0 aromatic heterocycles. The third-order valence-electron chi connectivity index (χ3n) is 3.88. The number of sulfonamides is 1. The van der Waals surface area contributed by atoms with Crippen LogP contribution in [-0.2, 0) is 10.0 Å². The van der Waals surface area contributed by atoms with Gasteiger partial charge in [0.1, 0.15) is 0 Å². The highest BCUT2D eigenvalue weighted by molar-refractivity contribution is 7.99. The maximum absolute atomic E-state index is 12.2. The minimum Gasteiger partial charge on any atom is -0.397 e. The van der Waals surface area contributed by atoms with Crippen LogP contribution in [-0.4, -0.2) is 44.4 Å². The highest BCUT2D eigenvalue weighted by Crippen LogP contribution is 2.32. The third kappa shape index (κ3) is 3.64. The van der Waals surface area contributed by atoms with Gasteiger partial charge in [-0.2, -0.15) is 11.8 Å². The van der Waals surface area contributed by atoms with Crippen LogP contribution in [0.4, 0.5) is 11.4 Å². The molecule has 2 atom stereocenters. The van der Waals surface area contributed by atoms with Crippen molar-refractivity contribution < 1.29 is 8.42 Å². The van der Waals surface area contributed by atoms with E-state index >= 15 is 0 Å². The molecule has 0 bridgehead atoms. The Morgan fingerprint density at radius 1 is 1.33 bits per heavy atom. The Morgan fingerprint density at radius 3 is 2.62 bits per heavy atom. The zero-order valence-electron chi connectivity index (χ0n) is 12.7. The number of rotatable bonds is 5. The van der Waals surface area contributed by atoms with Gasteiger partial charge in [0, 0.05) is 25.4 Å². The first-order valence-corrected chi connectivity index (χ1v) is 9.68. The van der Waals surface area contributed by atoms with Gasteiger partial charge in [0.15, 0.2) is 0 Å². The fourth-order valence-corrected chi connectivity index (χ4v) is 4.26. The molecular weight excluding hydrogens is 306 g/mol. The first-order valence-electron chi connectivity index (χ1n) is 6.96. The summed E-state index contributed by atoms with van der Waals surface area (Å²) in [5.41, 5.74) is 7.27. The fourth-order valence-electron chi connectivity index (χ4n) is 2.54. The van der Waals surface area contributed by atoms with E-state index in [1.165, 1.54) is 24.8 Å². The molecule has 2 rings (SSSR count). The van der Waals surface area contributed by atoms with Crippen molar-refractivity contribution in [1.29, 1.82) is 0 Å².